The Morgan fingerprint density at radius 1 is 0.404 bits per heavy atom. The smallest absolute Gasteiger partial charge is 0.132 e. The van der Waals surface area contributed by atoms with Crippen molar-refractivity contribution in [3.63, 3.8) is 0 Å². The third kappa shape index (κ3) is 3.98. The van der Waals surface area contributed by atoms with Gasteiger partial charge in [0, 0.05) is 33.5 Å². The van der Waals surface area contributed by atoms with Crippen molar-refractivity contribution in [2.24, 2.45) is 0 Å². The van der Waals surface area contributed by atoms with Gasteiger partial charge in [-0.05, 0) is 74.6 Å². The molecule has 2 heteroatoms. The van der Waals surface area contributed by atoms with E-state index in [0.29, 0.717) is 0 Å². The van der Waals surface area contributed by atoms with Gasteiger partial charge in [-0.15, -0.1) is 0 Å². The second-order valence-electron chi connectivity index (χ2n) is 12.5. The monoisotopic (exact) mass is 599 g/mol. The molecule has 1 aliphatic heterocycles. The molecule has 0 atom stereocenters. The summed E-state index contributed by atoms with van der Waals surface area (Å²) in [6, 6.07) is 61.4. The molecule has 2 nitrogen and oxygen atoms in total. The molecule has 0 amide bonds. The Kier molecular flexibility index (Phi) is 5.67. The quantitative estimate of drug-likeness (QED) is 0.197. The molecule has 0 unspecified atom stereocenters. The van der Waals surface area contributed by atoms with Gasteiger partial charge >= 0.3 is 0 Å². The zero-order valence-electron chi connectivity index (χ0n) is 25.6. The molecule has 1 aromatic heterocycles. The summed E-state index contributed by atoms with van der Waals surface area (Å²) in [4.78, 5) is 0. The maximum atomic E-state index is 6.65. The number of hydrogen-bond donors (Lipinski definition) is 0. The fraction of sp³-hybridized carbons (Fsp3) is 0.0222. The standard InChI is InChI=1S/C45H29NO/c1-2-12-34(13-3-1)46-39-17-9-8-16-37(39)38-25-22-33(28-40(38)46)29-18-20-32(21-19-29)43-44-35-14-6-4-10-30(35)23-26-41(44)47-42-27-24-31-11-5-7-15-36(31)45(42)43/h1-28,43H. The summed E-state index contributed by atoms with van der Waals surface area (Å²) in [5.41, 5.74) is 9.72. The van der Waals surface area contributed by atoms with Gasteiger partial charge in [-0.2, -0.15) is 0 Å². The molecule has 0 saturated carbocycles. The lowest BCUT2D eigenvalue weighted by Gasteiger charge is -2.31. The molecule has 0 spiro atoms. The zero-order chi connectivity index (χ0) is 30.9. The van der Waals surface area contributed by atoms with Gasteiger partial charge < -0.3 is 9.30 Å². The molecule has 0 radical (unpaired) electrons. The van der Waals surface area contributed by atoms with E-state index >= 15 is 0 Å². The third-order valence-corrected chi connectivity index (χ3v) is 9.92. The van der Waals surface area contributed by atoms with Crippen LogP contribution >= 0.6 is 0 Å². The van der Waals surface area contributed by atoms with Crippen LogP contribution in [0, 0.1) is 0 Å². The third-order valence-electron chi connectivity index (χ3n) is 9.92. The van der Waals surface area contributed by atoms with Crippen LogP contribution in [0.25, 0.3) is 60.2 Å². The normalized spacial score (nSPS) is 12.8. The van der Waals surface area contributed by atoms with Gasteiger partial charge in [-0.1, -0.05) is 133 Å². The average Bonchev–Trinajstić information content (AvgIpc) is 3.48. The minimum absolute atomic E-state index is 0.0306. The number of aromatic nitrogens is 1. The highest BCUT2D eigenvalue weighted by Gasteiger charge is 2.32. The molecular weight excluding hydrogens is 571 g/mol. The second kappa shape index (κ2) is 10.2. The van der Waals surface area contributed by atoms with E-state index in [0.717, 1.165) is 11.5 Å². The first kappa shape index (κ1) is 26.1. The first-order chi connectivity index (χ1) is 23.3. The van der Waals surface area contributed by atoms with E-state index in [1.807, 2.05) is 0 Å². The van der Waals surface area contributed by atoms with Crippen LogP contribution in [-0.4, -0.2) is 4.57 Å². The Bertz CT molecular complexity index is 2560. The number of hydrogen-bond acceptors (Lipinski definition) is 1. The van der Waals surface area contributed by atoms with Gasteiger partial charge in [0.15, 0.2) is 0 Å². The number of nitrogens with zero attached hydrogens (tertiary/aromatic N) is 1. The molecule has 0 saturated heterocycles. The number of rotatable bonds is 3. The first-order valence-corrected chi connectivity index (χ1v) is 16.2. The molecule has 0 N–H and O–H groups in total. The molecule has 1 aliphatic rings. The topological polar surface area (TPSA) is 14.2 Å². The maximum absolute atomic E-state index is 6.65. The van der Waals surface area contributed by atoms with E-state index in [2.05, 4.69) is 174 Å². The Balaban J connectivity index is 1.15. The largest absolute Gasteiger partial charge is 0.457 e. The molecule has 10 rings (SSSR count). The molecule has 47 heavy (non-hydrogen) atoms. The molecule has 0 aliphatic carbocycles. The summed E-state index contributed by atoms with van der Waals surface area (Å²) in [5, 5.41) is 7.45. The SMILES string of the molecule is c1ccc(-n2c3ccccc3c3ccc(-c4ccc(C5c6c(ccc7ccccc67)Oc6ccc7ccccc7c65)cc4)cc32)cc1. The fourth-order valence-corrected chi connectivity index (χ4v) is 7.79. The predicted molar refractivity (Wildman–Crippen MR) is 195 cm³/mol. The Labute approximate surface area is 272 Å². The minimum atomic E-state index is 0.0306. The lowest BCUT2D eigenvalue weighted by molar-refractivity contribution is 0.456. The summed E-state index contributed by atoms with van der Waals surface area (Å²) >= 11 is 0. The number of fused-ring (bicyclic) bond motifs is 9. The van der Waals surface area contributed by atoms with Crippen molar-refractivity contribution in [1.82, 2.24) is 4.57 Å². The van der Waals surface area contributed by atoms with E-state index in [-0.39, 0.29) is 5.92 Å². The van der Waals surface area contributed by atoms with E-state index in [1.54, 1.807) is 0 Å². The Morgan fingerprint density at radius 2 is 0.957 bits per heavy atom. The van der Waals surface area contributed by atoms with Gasteiger partial charge in [0.25, 0.3) is 0 Å². The number of ether oxygens (including phenoxy) is 1. The molecule has 2 heterocycles. The van der Waals surface area contributed by atoms with Crippen molar-refractivity contribution in [3.05, 3.63) is 187 Å². The Morgan fingerprint density at radius 3 is 1.64 bits per heavy atom. The highest BCUT2D eigenvalue weighted by Crippen LogP contribution is 2.52. The average molecular weight is 600 g/mol. The van der Waals surface area contributed by atoms with Gasteiger partial charge in [-0.25, -0.2) is 0 Å². The van der Waals surface area contributed by atoms with Crippen LogP contribution in [0.2, 0.25) is 0 Å². The molecule has 220 valence electrons. The van der Waals surface area contributed by atoms with E-state index in [4.69, 9.17) is 4.74 Å². The van der Waals surface area contributed by atoms with Crippen LogP contribution in [0.3, 0.4) is 0 Å². The fourth-order valence-electron chi connectivity index (χ4n) is 7.79. The first-order valence-electron chi connectivity index (χ1n) is 16.2. The molecule has 8 aromatic carbocycles. The van der Waals surface area contributed by atoms with Crippen LogP contribution in [0.1, 0.15) is 22.6 Å². The van der Waals surface area contributed by atoms with E-state index in [1.165, 1.54) is 76.9 Å². The highest BCUT2D eigenvalue weighted by molar-refractivity contribution is 6.10. The van der Waals surface area contributed by atoms with Gasteiger partial charge in [0.1, 0.15) is 11.5 Å². The van der Waals surface area contributed by atoms with Gasteiger partial charge in [-0.3, -0.25) is 0 Å². The lowest BCUT2D eigenvalue weighted by Crippen LogP contribution is -2.13. The second-order valence-corrected chi connectivity index (χ2v) is 12.5. The highest BCUT2D eigenvalue weighted by atomic mass is 16.5. The van der Waals surface area contributed by atoms with E-state index < -0.39 is 0 Å². The summed E-state index contributed by atoms with van der Waals surface area (Å²) in [5.74, 6) is 1.89. The van der Waals surface area contributed by atoms with Crippen molar-refractivity contribution in [2.75, 3.05) is 0 Å². The molecule has 0 bridgehead atoms. The van der Waals surface area contributed by atoms with Crippen molar-refractivity contribution < 1.29 is 4.74 Å². The van der Waals surface area contributed by atoms with Crippen LogP contribution in [0.4, 0.5) is 0 Å². The maximum Gasteiger partial charge on any atom is 0.132 e. The molecular formula is C45H29NO. The van der Waals surface area contributed by atoms with Crippen LogP contribution < -0.4 is 4.74 Å². The van der Waals surface area contributed by atoms with Crippen LogP contribution in [0.5, 0.6) is 11.5 Å². The zero-order valence-corrected chi connectivity index (χ0v) is 25.6. The van der Waals surface area contributed by atoms with E-state index in [9.17, 15) is 0 Å². The summed E-state index contributed by atoms with van der Waals surface area (Å²) in [7, 11) is 0. The summed E-state index contributed by atoms with van der Waals surface area (Å²) in [6.07, 6.45) is 0. The number of para-hydroxylation sites is 2. The van der Waals surface area contributed by atoms with Crippen molar-refractivity contribution in [1.29, 1.82) is 0 Å². The Hall–Kier alpha value is -6.12. The lowest BCUT2D eigenvalue weighted by atomic mass is 9.78. The summed E-state index contributed by atoms with van der Waals surface area (Å²) in [6.45, 7) is 0. The molecule has 9 aromatic rings. The minimum Gasteiger partial charge on any atom is -0.457 e. The van der Waals surface area contributed by atoms with Crippen LogP contribution in [-0.2, 0) is 0 Å². The number of benzene rings is 8. The van der Waals surface area contributed by atoms with Gasteiger partial charge in [0.05, 0.1) is 11.0 Å². The van der Waals surface area contributed by atoms with Gasteiger partial charge in [0.2, 0.25) is 0 Å². The predicted octanol–water partition coefficient (Wildman–Crippen LogP) is 12.0. The van der Waals surface area contributed by atoms with Crippen molar-refractivity contribution >= 4 is 43.4 Å². The van der Waals surface area contributed by atoms with Crippen molar-refractivity contribution in [2.45, 2.75) is 5.92 Å². The van der Waals surface area contributed by atoms with Crippen LogP contribution in [0.15, 0.2) is 170 Å². The summed E-state index contributed by atoms with van der Waals surface area (Å²) < 4.78 is 9.03. The van der Waals surface area contributed by atoms with Crippen molar-refractivity contribution in [3.8, 4) is 28.3 Å². The molecule has 0 fully saturated rings.